The topological polar surface area (TPSA) is 79.9 Å². The molecule has 1 atom stereocenters. The first-order chi connectivity index (χ1) is 7.44. The number of hydrogen-bond donors (Lipinski definition) is 1. The molecule has 0 amide bonds. The third-order valence-electron chi connectivity index (χ3n) is 2.32. The smallest absolute Gasteiger partial charge is 0.251 e. The maximum Gasteiger partial charge on any atom is 0.251 e. The first kappa shape index (κ1) is 11.7. The summed E-state index contributed by atoms with van der Waals surface area (Å²) in [6.45, 7) is 1.74. The Kier molecular flexibility index (Phi) is 3.07. The zero-order valence-electron chi connectivity index (χ0n) is 8.76. The van der Waals surface area contributed by atoms with Gasteiger partial charge in [-0.2, -0.15) is 0 Å². The molecule has 0 aliphatic carbocycles. The molecule has 1 aromatic rings. The largest absolute Gasteiger partial charge is 0.301 e. The molecular formula is C9H12N2O3S2. The summed E-state index contributed by atoms with van der Waals surface area (Å²) in [5.41, 5.74) is 0.447. The van der Waals surface area contributed by atoms with Crippen LogP contribution in [0.5, 0.6) is 0 Å². The normalized spacial score (nSPS) is 23.4. The summed E-state index contributed by atoms with van der Waals surface area (Å²) >= 11 is 1.34. The quantitative estimate of drug-likeness (QED) is 0.776. The van der Waals surface area contributed by atoms with Crippen LogP contribution in [-0.2, 0) is 9.84 Å². The summed E-state index contributed by atoms with van der Waals surface area (Å²) in [5.74, 6) is 0.413. The van der Waals surface area contributed by atoms with E-state index in [9.17, 15) is 13.2 Å². The summed E-state index contributed by atoms with van der Waals surface area (Å²) < 4.78 is 22.5. The molecule has 0 saturated carbocycles. The van der Waals surface area contributed by atoms with Crippen LogP contribution in [0.4, 0.5) is 0 Å². The molecule has 0 bridgehead atoms. The number of sulfone groups is 1. The third kappa shape index (κ3) is 2.85. The Labute approximate surface area is 97.6 Å². The van der Waals surface area contributed by atoms with E-state index in [0.29, 0.717) is 17.3 Å². The minimum absolute atomic E-state index is 0.00921. The Hall–Kier alpha value is -0.820. The Bertz CT molecular complexity index is 550. The van der Waals surface area contributed by atoms with Crippen molar-refractivity contribution in [3.63, 3.8) is 0 Å². The van der Waals surface area contributed by atoms with E-state index in [1.807, 2.05) is 0 Å². The van der Waals surface area contributed by atoms with Gasteiger partial charge in [0.05, 0.1) is 11.5 Å². The number of aromatic amines is 1. The van der Waals surface area contributed by atoms with Gasteiger partial charge in [-0.15, -0.1) is 0 Å². The number of thioether (sulfide) groups is 1. The molecule has 5 nitrogen and oxygen atoms in total. The Morgan fingerprint density at radius 2 is 2.31 bits per heavy atom. The van der Waals surface area contributed by atoms with Crippen LogP contribution in [0.3, 0.4) is 0 Å². The fourth-order valence-corrected chi connectivity index (χ4v) is 5.11. The molecule has 1 aromatic heterocycles. The van der Waals surface area contributed by atoms with Crippen molar-refractivity contribution in [2.45, 2.75) is 23.8 Å². The second kappa shape index (κ2) is 4.21. The highest BCUT2D eigenvalue weighted by molar-refractivity contribution is 8.01. The van der Waals surface area contributed by atoms with Gasteiger partial charge in [0.1, 0.15) is 0 Å². The van der Waals surface area contributed by atoms with E-state index in [2.05, 4.69) is 9.97 Å². The van der Waals surface area contributed by atoms with E-state index in [-0.39, 0.29) is 22.3 Å². The molecule has 1 aliphatic heterocycles. The van der Waals surface area contributed by atoms with Gasteiger partial charge in [-0.25, -0.2) is 13.4 Å². The molecule has 0 spiro atoms. The summed E-state index contributed by atoms with van der Waals surface area (Å²) in [4.78, 5) is 17.9. The molecule has 2 heterocycles. The molecule has 1 N–H and O–H groups in total. The summed E-state index contributed by atoms with van der Waals surface area (Å²) in [6.07, 6.45) is 0.630. The van der Waals surface area contributed by atoms with Gasteiger partial charge in [0.2, 0.25) is 0 Å². The number of aryl methyl sites for hydroxylation is 1. The van der Waals surface area contributed by atoms with Crippen molar-refractivity contribution in [1.82, 2.24) is 9.97 Å². The summed E-state index contributed by atoms with van der Waals surface area (Å²) in [5, 5.41) is 0.516. The summed E-state index contributed by atoms with van der Waals surface area (Å²) in [7, 11) is -2.88. The molecule has 0 aromatic carbocycles. The highest BCUT2D eigenvalue weighted by Gasteiger charge is 2.29. The van der Waals surface area contributed by atoms with Crippen LogP contribution in [0.1, 0.15) is 12.1 Å². The highest BCUT2D eigenvalue weighted by Crippen LogP contribution is 2.28. The van der Waals surface area contributed by atoms with E-state index in [4.69, 9.17) is 0 Å². The van der Waals surface area contributed by atoms with Crippen molar-refractivity contribution < 1.29 is 8.42 Å². The van der Waals surface area contributed by atoms with Gasteiger partial charge in [-0.1, -0.05) is 11.8 Å². The average molecular weight is 260 g/mol. The SMILES string of the molecule is Cc1cc(=O)[nH]c(SC2CCS(=O)(=O)C2)n1. The van der Waals surface area contributed by atoms with Gasteiger partial charge in [-0.05, 0) is 13.3 Å². The van der Waals surface area contributed by atoms with Gasteiger partial charge in [0.25, 0.3) is 5.56 Å². The molecule has 1 aliphatic rings. The van der Waals surface area contributed by atoms with Crippen molar-refractivity contribution in [3.05, 3.63) is 22.1 Å². The van der Waals surface area contributed by atoms with Crippen molar-refractivity contribution in [2.75, 3.05) is 11.5 Å². The Morgan fingerprint density at radius 1 is 1.56 bits per heavy atom. The third-order valence-corrected chi connectivity index (χ3v) is 5.45. The van der Waals surface area contributed by atoms with Crippen molar-refractivity contribution in [1.29, 1.82) is 0 Å². The monoisotopic (exact) mass is 260 g/mol. The second-order valence-corrected chi connectivity index (χ2v) is 7.35. The number of nitrogens with one attached hydrogen (secondary N) is 1. The maximum atomic E-state index is 11.3. The fraction of sp³-hybridized carbons (Fsp3) is 0.556. The lowest BCUT2D eigenvalue weighted by Crippen LogP contribution is -2.11. The molecular weight excluding hydrogens is 248 g/mol. The lowest BCUT2D eigenvalue weighted by molar-refractivity contribution is 0.602. The lowest BCUT2D eigenvalue weighted by Gasteiger charge is -2.06. The minimum Gasteiger partial charge on any atom is -0.301 e. The molecule has 1 fully saturated rings. The van der Waals surface area contributed by atoms with Crippen LogP contribution in [0, 0.1) is 6.92 Å². The first-order valence-electron chi connectivity index (χ1n) is 4.90. The number of aromatic nitrogens is 2. The van der Waals surface area contributed by atoms with E-state index in [0.717, 1.165) is 0 Å². The molecule has 88 valence electrons. The van der Waals surface area contributed by atoms with Crippen molar-refractivity contribution in [2.24, 2.45) is 0 Å². The molecule has 1 saturated heterocycles. The van der Waals surface area contributed by atoms with Gasteiger partial charge in [0.15, 0.2) is 15.0 Å². The van der Waals surface area contributed by atoms with Crippen LogP contribution < -0.4 is 5.56 Å². The molecule has 1 unspecified atom stereocenters. The zero-order valence-corrected chi connectivity index (χ0v) is 10.4. The van der Waals surface area contributed by atoms with Crippen LogP contribution in [0.15, 0.2) is 16.0 Å². The predicted molar refractivity (Wildman–Crippen MR) is 62.5 cm³/mol. The Morgan fingerprint density at radius 3 is 2.88 bits per heavy atom. The average Bonchev–Trinajstić information content (AvgIpc) is 2.43. The van der Waals surface area contributed by atoms with E-state index in [1.165, 1.54) is 17.8 Å². The Balaban J connectivity index is 2.13. The zero-order chi connectivity index (χ0) is 11.8. The van der Waals surface area contributed by atoms with Gasteiger partial charge < -0.3 is 4.98 Å². The van der Waals surface area contributed by atoms with E-state index < -0.39 is 9.84 Å². The van der Waals surface area contributed by atoms with Crippen LogP contribution in [0.2, 0.25) is 0 Å². The second-order valence-electron chi connectivity index (χ2n) is 3.83. The molecule has 0 radical (unpaired) electrons. The number of nitrogens with zero attached hydrogens (tertiary/aromatic N) is 1. The highest BCUT2D eigenvalue weighted by atomic mass is 32.2. The number of H-pyrrole nitrogens is 1. The van der Waals surface area contributed by atoms with Crippen molar-refractivity contribution in [3.8, 4) is 0 Å². The number of hydrogen-bond acceptors (Lipinski definition) is 5. The maximum absolute atomic E-state index is 11.3. The minimum atomic E-state index is -2.88. The standard InChI is InChI=1S/C9H12N2O3S2/c1-6-4-8(12)11-9(10-6)15-7-2-3-16(13,14)5-7/h4,7H,2-3,5H2,1H3,(H,10,11,12). The van der Waals surface area contributed by atoms with Gasteiger partial charge in [-0.3, -0.25) is 4.79 Å². The molecule has 2 rings (SSSR count). The van der Waals surface area contributed by atoms with E-state index >= 15 is 0 Å². The van der Waals surface area contributed by atoms with E-state index in [1.54, 1.807) is 6.92 Å². The fourth-order valence-electron chi connectivity index (χ4n) is 1.62. The summed E-state index contributed by atoms with van der Waals surface area (Å²) in [6, 6.07) is 1.41. The first-order valence-corrected chi connectivity index (χ1v) is 7.60. The van der Waals surface area contributed by atoms with Crippen molar-refractivity contribution >= 4 is 21.6 Å². The lowest BCUT2D eigenvalue weighted by atomic mass is 10.4. The van der Waals surface area contributed by atoms with Gasteiger partial charge in [0, 0.05) is 17.0 Å². The molecule has 16 heavy (non-hydrogen) atoms. The van der Waals surface area contributed by atoms with Gasteiger partial charge >= 0.3 is 0 Å². The number of rotatable bonds is 2. The van der Waals surface area contributed by atoms with Crippen LogP contribution in [-0.4, -0.2) is 35.1 Å². The van der Waals surface area contributed by atoms with Crippen LogP contribution in [0.25, 0.3) is 0 Å². The predicted octanol–water partition coefficient (Wildman–Crippen LogP) is 0.358. The molecule has 7 heteroatoms. The van der Waals surface area contributed by atoms with Crippen LogP contribution >= 0.6 is 11.8 Å².